The first-order chi connectivity index (χ1) is 15.0. The molecular weight excluding hydrogens is 414 g/mol. The number of amides is 1. The molecule has 0 spiro atoms. The summed E-state index contributed by atoms with van der Waals surface area (Å²) in [6.07, 6.45) is 0.866. The number of anilines is 1. The summed E-state index contributed by atoms with van der Waals surface area (Å²) >= 11 is 1.48. The number of benzene rings is 1. The smallest absolute Gasteiger partial charge is 0.259 e. The predicted octanol–water partition coefficient (Wildman–Crippen LogP) is 1.47. The highest BCUT2D eigenvalue weighted by molar-refractivity contribution is 7.09. The number of hydrogen-bond donors (Lipinski definition) is 1. The van der Waals surface area contributed by atoms with Gasteiger partial charge in [0.05, 0.1) is 0 Å². The van der Waals surface area contributed by atoms with Crippen molar-refractivity contribution in [1.82, 2.24) is 24.5 Å². The largest absolute Gasteiger partial charge is 0.484 e. The molecule has 1 aliphatic heterocycles. The summed E-state index contributed by atoms with van der Waals surface area (Å²) in [7, 11) is 5.24. The second-order valence-electron chi connectivity index (χ2n) is 7.45. The number of aliphatic imine (C=N–C) groups is 1. The zero-order chi connectivity index (χ0) is 22.2. The van der Waals surface area contributed by atoms with Gasteiger partial charge in [-0.1, -0.05) is 19.1 Å². The number of rotatable bonds is 7. The van der Waals surface area contributed by atoms with E-state index in [1.54, 1.807) is 21.1 Å². The van der Waals surface area contributed by atoms with Crippen LogP contribution < -0.4 is 15.0 Å². The van der Waals surface area contributed by atoms with Crippen LogP contribution in [0.3, 0.4) is 0 Å². The van der Waals surface area contributed by atoms with Crippen molar-refractivity contribution in [1.29, 1.82) is 0 Å². The van der Waals surface area contributed by atoms with Crippen LogP contribution in [0.4, 0.5) is 5.13 Å². The van der Waals surface area contributed by atoms with Crippen molar-refractivity contribution in [3.63, 3.8) is 0 Å². The molecule has 1 saturated heterocycles. The molecule has 9 nitrogen and oxygen atoms in total. The molecule has 1 fully saturated rings. The van der Waals surface area contributed by atoms with Crippen LogP contribution in [-0.4, -0.2) is 85.0 Å². The standard InChI is InChI=1S/C21H31N7O2S/c1-5-18-24-21(31-25-18)28-11-9-27(10-12-28)20(22-2)23-14-16-7-6-8-17(13-16)30-15-19(29)26(3)4/h6-8,13H,5,9-12,14-15H2,1-4H3,(H,22,23). The Labute approximate surface area is 187 Å². The molecule has 2 aromatic rings. The Bertz CT molecular complexity index is 891. The van der Waals surface area contributed by atoms with Gasteiger partial charge in [-0.25, -0.2) is 4.98 Å². The van der Waals surface area contributed by atoms with Crippen LogP contribution in [0.2, 0.25) is 0 Å². The minimum Gasteiger partial charge on any atom is -0.484 e. The van der Waals surface area contributed by atoms with Gasteiger partial charge in [0.2, 0.25) is 5.13 Å². The number of ether oxygens (including phenoxy) is 1. The third kappa shape index (κ3) is 6.30. The van der Waals surface area contributed by atoms with Gasteiger partial charge in [-0.3, -0.25) is 9.79 Å². The number of nitrogens with zero attached hydrogens (tertiary/aromatic N) is 6. The van der Waals surface area contributed by atoms with E-state index in [9.17, 15) is 4.79 Å². The van der Waals surface area contributed by atoms with Crippen molar-refractivity contribution in [2.75, 3.05) is 58.8 Å². The van der Waals surface area contributed by atoms with E-state index in [0.29, 0.717) is 12.3 Å². The molecule has 0 bridgehead atoms. The quantitative estimate of drug-likeness (QED) is 0.510. The minimum atomic E-state index is -0.0671. The SMILES string of the molecule is CCc1nsc(N2CCN(C(=NC)NCc3cccc(OCC(=O)N(C)C)c3)CC2)n1. The minimum absolute atomic E-state index is 0.0319. The molecule has 10 heteroatoms. The van der Waals surface area contributed by atoms with Crippen molar-refractivity contribution in [3.05, 3.63) is 35.7 Å². The van der Waals surface area contributed by atoms with Gasteiger partial charge in [-0.15, -0.1) is 0 Å². The number of aryl methyl sites for hydroxylation is 1. The molecule has 0 saturated carbocycles. The second-order valence-corrected chi connectivity index (χ2v) is 8.18. The molecule has 1 aromatic carbocycles. The molecule has 3 rings (SSSR count). The van der Waals surface area contributed by atoms with E-state index in [4.69, 9.17) is 4.74 Å². The molecule has 1 aliphatic rings. The van der Waals surface area contributed by atoms with Crippen molar-refractivity contribution < 1.29 is 9.53 Å². The van der Waals surface area contributed by atoms with E-state index < -0.39 is 0 Å². The van der Waals surface area contributed by atoms with E-state index in [0.717, 1.165) is 55.1 Å². The molecule has 1 N–H and O–H groups in total. The summed E-state index contributed by atoms with van der Waals surface area (Å²) in [6, 6.07) is 7.76. The number of guanidine groups is 1. The van der Waals surface area contributed by atoms with Gasteiger partial charge in [-0.2, -0.15) is 4.37 Å². The van der Waals surface area contributed by atoms with Gasteiger partial charge in [-0.05, 0) is 17.7 Å². The normalized spacial score (nSPS) is 14.5. The Morgan fingerprint density at radius 1 is 1.29 bits per heavy atom. The predicted molar refractivity (Wildman–Crippen MR) is 124 cm³/mol. The van der Waals surface area contributed by atoms with Crippen molar-refractivity contribution in [2.45, 2.75) is 19.9 Å². The first-order valence-electron chi connectivity index (χ1n) is 10.4. The summed E-state index contributed by atoms with van der Waals surface area (Å²) < 4.78 is 10.00. The van der Waals surface area contributed by atoms with Crippen molar-refractivity contribution in [3.8, 4) is 5.75 Å². The van der Waals surface area contributed by atoms with E-state index in [-0.39, 0.29) is 12.5 Å². The Balaban J connectivity index is 1.49. The van der Waals surface area contributed by atoms with Gasteiger partial charge >= 0.3 is 0 Å². The zero-order valence-electron chi connectivity index (χ0n) is 18.7. The molecule has 1 aromatic heterocycles. The van der Waals surface area contributed by atoms with Crippen LogP contribution in [0, 0.1) is 0 Å². The van der Waals surface area contributed by atoms with Gasteiger partial charge in [0.1, 0.15) is 11.6 Å². The van der Waals surface area contributed by atoms with Crippen LogP contribution in [0.25, 0.3) is 0 Å². The molecule has 31 heavy (non-hydrogen) atoms. The molecular formula is C21H31N7O2S. The lowest BCUT2D eigenvalue weighted by molar-refractivity contribution is -0.130. The fourth-order valence-electron chi connectivity index (χ4n) is 3.16. The summed E-state index contributed by atoms with van der Waals surface area (Å²) in [5.41, 5.74) is 1.07. The van der Waals surface area contributed by atoms with Crippen molar-refractivity contribution in [2.24, 2.45) is 4.99 Å². The summed E-state index contributed by atoms with van der Waals surface area (Å²) in [5, 5.41) is 4.44. The molecule has 0 aliphatic carbocycles. The maximum atomic E-state index is 11.7. The highest BCUT2D eigenvalue weighted by Crippen LogP contribution is 2.19. The Morgan fingerprint density at radius 3 is 2.71 bits per heavy atom. The topological polar surface area (TPSA) is 86.2 Å². The number of carbonyl (C=O) groups is 1. The fourth-order valence-corrected chi connectivity index (χ4v) is 3.96. The molecule has 2 heterocycles. The van der Waals surface area contributed by atoms with Crippen LogP contribution in [0.5, 0.6) is 5.75 Å². The number of aromatic nitrogens is 2. The molecule has 168 valence electrons. The second kappa shape index (κ2) is 10.9. The maximum absolute atomic E-state index is 11.7. The lowest BCUT2D eigenvalue weighted by atomic mass is 10.2. The average Bonchev–Trinajstić information content (AvgIpc) is 3.28. The number of nitrogens with one attached hydrogen (secondary N) is 1. The number of carbonyl (C=O) groups excluding carboxylic acids is 1. The van der Waals surface area contributed by atoms with E-state index in [1.165, 1.54) is 16.4 Å². The summed E-state index contributed by atoms with van der Waals surface area (Å²) in [5.74, 6) is 2.40. The Kier molecular flexibility index (Phi) is 8.05. The van der Waals surface area contributed by atoms with Gasteiger partial charge < -0.3 is 24.8 Å². The molecule has 1 amide bonds. The van der Waals surface area contributed by atoms with E-state index >= 15 is 0 Å². The lowest BCUT2D eigenvalue weighted by Gasteiger charge is -2.36. The highest BCUT2D eigenvalue weighted by atomic mass is 32.1. The number of hydrogen-bond acceptors (Lipinski definition) is 7. The number of likely N-dealkylation sites (N-methyl/N-ethyl adjacent to an activating group) is 1. The Morgan fingerprint density at radius 2 is 2.06 bits per heavy atom. The molecule has 0 radical (unpaired) electrons. The van der Waals surface area contributed by atoms with Gasteiger partial charge in [0.25, 0.3) is 5.91 Å². The van der Waals surface area contributed by atoms with Gasteiger partial charge in [0.15, 0.2) is 12.6 Å². The third-order valence-corrected chi connectivity index (χ3v) is 5.86. The fraction of sp³-hybridized carbons (Fsp3) is 0.524. The van der Waals surface area contributed by atoms with Gasteiger partial charge in [0, 0.05) is 71.8 Å². The van der Waals surface area contributed by atoms with Crippen LogP contribution in [0.1, 0.15) is 18.3 Å². The third-order valence-electron chi connectivity index (χ3n) is 5.05. The van der Waals surface area contributed by atoms with E-state index in [1.807, 2.05) is 24.3 Å². The first-order valence-corrected chi connectivity index (χ1v) is 11.2. The maximum Gasteiger partial charge on any atom is 0.259 e. The van der Waals surface area contributed by atoms with Crippen LogP contribution in [0.15, 0.2) is 29.3 Å². The zero-order valence-corrected chi connectivity index (χ0v) is 19.5. The highest BCUT2D eigenvalue weighted by Gasteiger charge is 2.22. The first kappa shape index (κ1) is 22.8. The molecule has 0 unspecified atom stereocenters. The average molecular weight is 446 g/mol. The molecule has 0 atom stereocenters. The van der Waals surface area contributed by atoms with Crippen LogP contribution >= 0.6 is 11.5 Å². The monoisotopic (exact) mass is 445 g/mol. The summed E-state index contributed by atoms with van der Waals surface area (Å²) in [6.45, 7) is 6.26. The van der Waals surface area contributed by atoms with E-state index in [2.05, 4.69) is 36.4 Å². The van der Waals surface area contributed by atoms with Crippen molar-refractivity contribution >= 4 is 28.5 Å². The Hall–Kier alpha value is -2.88. The number of piperazine rings is 1. The lowest BCUT2D eigenvalue weighted by Crippen LogP contribution is -2.52. The van der Waals surface area contributed by atoms with Crippen LogP contribution in [-0.2, 0) is 17.8 Å². The summed E-state index contributed by atoms with van der Waals surface area (Å²) in [4.78, 5) is 26.8.